The van der Waals surface area contributed by atoms with E-state index in [-0.39, 0.29) is 0 Å². The summed E-state index contributed by atoms with van der Waals surface area (Å²) in [5, 5.41) is 17.4. The Morgan fingerprint density at radius 2 is 1.43 bits per heavy atom. The van der Waals surface area contributed by atoms with E-state index in [0.717, 1.165) is 18.7 Å². The first-order valence-corrected chi connectivity index (χ1v) is 7.08. The molecule has 0 N–H and O–H groups in total. The summed E-state index contributed by atoms with van der Waals surface area (Å²) in [7, 11) is 3.75. The minimum Gasteiger partial charge on any atom is -0.343 e. The molecule has 0 spiro atoms. The molecule has 1 fully saturated rings. The van der Waals surface area contributed by atoms with Gasteiger partial charge in [-0.15, -0.1) is 0 Å². The van der Waals surface area contributed by atoms with Crippen LogP contribution in [0.25, 0.3) is 0 Å². The summed E-state index contributed by atoms with van der Waals surface area (Å²) >= 11 is 0. The molecular weight excluding hydrogens is 266 g/mol. The lowest BCUT2D eigenvalue weighted by Gasteiger charge is -2.20. The van der Waals surface area contributed by atoms with E-state index < -0.39 is 0 Å². The first kappa shape index (κ1) is 15.0. The molecule has 2 rings (SSSR count). The van der Waals surface area contributed by atoms with E-state index in [0.29, 0.717) is 43.7 Å². The van der Waals surface area contributed by atoms with Crippen molar-refractivity contribution in [2.75, 3.05) is 37.0 Å². The quantitative estimate of drug-likeness (QED) is 0.748. The smallest absolute Gasteiger partial charge is 0.230 e. The Balaban J connectivity index is 2.22. The van der Waals surface area contributed by atoms with E-state index >= 15 is 0 Å². The zero-order chi connectivity index (χ0) is 15.2. The number of anilines is 2. The lowest BCUT2D eigenvalue weighted by atomic mass is 10.4. The van der Waals surface area contributed by atoms with Crippen LogP contribution in [0.1, 0.15) is 37.4 Å². The number of hydrogen-bond acceptors (Lipinski definition) is 7. The maximum atomic E-state index is 8.69. The molecule has 0 aliphatic heterocycles. The van der Waals surface area contributed by atoms with E-state index in [1.54, 1.807) is 0 Å². The molecule has 0 aromatic carbocycles. The molecule has 1 aliphatic carbocycles. The van der Waals surface area contributed by atoms with Crippen LogP contribution in [0.4, 0.5) is 11.9 Å². The fraction of sp³-hybridized carbons (Fsp3) is 0.643. The highest BCUT2D eigenvalue weighted by molar-refractivity contribution is 5.39. The topological polar surface area (TPSA) is 92.7 Å². The Kier molecular flexibility index (Phi) is 4.89. The molecule has 1 aliphatic rings. The number of aromatic nitrogens is 3. The zero-order valence-corrected chi connectivity index (χ0v) is 12.5. The van der Waals surface area contributed by atoms with Crippen LogP contribution in [-0.4, -0.2) is 42.1 Å². The third-order valence-corrected chi connectivity index (χ3v) is 3.37. The Labute approximate surface area is 124 Å². The van der Waals surface area contributed by atoms with Crippen LogP contribution in [0.2, 0.25) is 0 Å². The Bertz CT molecular complexity index is 525. The molecule has 1 saturated carbocycles. The first-order chi connectivity index (χ1) is 10.2. The first-order valence-electron chi connectivity index (χ1n) is 7.08. The predicted octanol–water partition coefficient (Wildman–Crippen LogP) is 1.45. The van der Waals surface area contributed by atoms with E-state index in [2.05, 4.69) is 27.1 Å². The van der Waals surface area contributed by atoms with Crippen LogP contribution in [-0.2, 0) is 0 Å². The fourth-order valence-corrected chi connectivity index (χ4v) is 1.87. The molecule has 21 heavy (non-hydrogen) atoms. The maximum Gasteiger partial charge on any atom is 0.230 e. The van der Waals surface area contributed by atoms with Crippen LogP contribution < -0.4 is 9.80 Å². The van der Waals surface area contributed by atoms with Gasteiger partial charge in [-0.25, -0.2) is 0 Å². The highest BCUT2D eigenvalue weighted by atomic mass is 15.3. The van der Waals surface area contributed by atoms with Crippen molar-refractivity contribution in [1.82, 2.24) is 15.0 Å². The van der Waals surface area contributed by atoms with Gasteiger partial charge in [-0.2, -0.15) is 25.5 Å². The summed E-state index contributed by atoms with van der Waals surface area (Å²) in [6.45, 7) is 1.18. The largest absolute Gasteiger partial charge is 0.343 e. The van der Waals surface area contributed by atoms with Crippen molar-refractivity contribution in [3.8, 4) is 12.1 Å². The van der Waals surface area contributed by atoms with Gasteiger partial charge in [0.2, 0.25) is 11.9 Å². The van der Waals surface area contributed by atoms with Gasteiger partial charge in [0.1, 0.15) is 5.82 Å². The fourth-order valence-electron chi connectivity index (χ4n) is 1.87. The molecule has 0 unspecified atom stereocenters. The molecule has 0 bridgehead atoms. The summed E-state index contributed by atoms with van der Waals surface area (Å²) in [5.74, 6) is 2.45. The summed E-state index contributed by atoms with van der Waals surface area (Å²) in [6, 6.07) is 4.25. The van der Waals surface area contributed by atoms with Crippen LogP contribution in [0.3, 0.4) is 0 Å². The van der Waals surface area contributed by atoms with Gasteiger partial charge in [0, 0.05) is 33.1 Å². The zero-order valence-electron chi connectivity index (χ0n) is 12.5. The van der Waals surface area contributed by atoms with E-state index in [1.165, 1.54) is 0 Å². The summed E-state index contributed by atoms with van der Waals surface area (Å²) < 4.78 is 0. The SMILES string of the molecule is CN(CCC#N)c1nc(C2CC2)nc(N(C)CCC#N)n1. The Morgan fingerprint density at radius 3 is 1.81 bits per heavy atom. The van der Waals surface area contributed by atoms with Crippen molar-refractivity contribution in [2.24, 2.45) is 0 Å². The van der Waals surface area contributed by atoms with Crippen molar-refractivity contribution >= 4 is 11.9 Å². The number of nitrogens with zero attached hydrogens (tertiary/aromatic N) is 7. The van der Waals surface area contributed by atoms with Gasteiger partial charge in [-0.3, -0.25) is 0 Å². The van der Waals surface area contributed by atoms with Crippen molar-refractivity contribution in [2.45, 2.75) is 31.6 Å². The van der Waals surface area contributed by atoms with Crippen LogP contribution in [0.5, 0.6) is 0 Å². The molecule has 0 atom stereocenters. The average molecular weight is 285 g/mol. The Hall–Kier alpha value is -2.41. The number of rotatable bonds is 7. The van der Waals surface area contributed by atoms with Gasteiger partial charge in [0.05, 0.1) is 25.0 Å². The second-order valence-electron chi connectivity index (χ2n) is 5.23. The van der Waals surface area contributed by atoms with Crippen LogP contribution >= 0.6 is 0 Å². The van der Waals surface area contributed by atoms with Crippen molar-refractivity contribution in [3.63, 3.8) is 0 Å². The van der Waals surface area contributed by atoms with Gasteiger partial charge in [0.25, 0.3) is 0 Å². The molecule has 7 heteroatoms. The lowest BCUT2D eigenvalue weighted by molar-refractivity contribution is 0.780. The minimum absolute atomic E-state index is 0.430. The van der Waals surface area contributed by atoms with E-state index in [1.807, 2.05) is 23.9 Å². The normalized spacial score (nSPS) is 13.3. The molecule has 1 aromatic heterocycles. The van der Waals surface area contributed by atoms with Crippen LogP contribution in [0.15, 0.2) is 0 Å². The van der Waals surface area contributed by atoms with Gasteiger partial charge >= 0.3 is 0 Å². The third kappa shape index (κ3) is 4.03. The molecular formula is C14H19N7. The van der Waals surface area contributed by atoms with Gasteiger partial charge in [0.15, 0.2) is 0 Å². The summed E-state index contributed by atoms with van der Waals surface area (Å²) in [4.78, 5) is 17.2. The highest BCUT2D eigenvalue weighted by Gasteiger charge is 2.28. The summed E-state index contributed by atoms with van der Waals surface area (Å²) in [5.41, 5.74) is 0. The maximum absolute atomic E-state index is 8.69. The average Bonchev–Trinajstić information content (AvgIpc) is 3.34. The Morgan fingerprint density at radius 1 is 0.952 bits per heavy atom. The van der Waals surface area contributed by atoms with E-state index in [4.69, 9.17) is 10.5 Å². The molecule has 0 amide bonds. The summed E-state index contributed by atoms with van der Waals surface area (Å²) in [6.07, 6.45) is 3.10. The van der Waals surface area contributed by atoms with Gasteiger partial charge in [-0.1, -0.05) is 0 Å². The minimum atomic E-state index is 0.430. The van der Waals surface area contributed by atoms with Crippen molar-refractivity contribution < 1.29 is 0 Å². The number of hydrogen-bond donors (Lipinski definition) is 0. The molecule has 0 saturated heterocycles. The molecule has 7 nitrogen and oxygen atoms in total. The third-order valence-electron chi connectivity index (χ3n) is 3.37. The highest BCUT2D eigenvalue weighted by Crippen LogP contribution is 2.38. The van der Waals surface area contributed by atoms with Gasteiger partial charge in [-0.05, 0) is 12.8 Å². The molecule has 1 aromatic rings. The van der Waals surface area contributed by atoms with Gasteiger partial charge < -0.3 is 9.80 Å². The predicted molar refractivity (Wildman–Crippen MR) is 78.8 cm³/mol. The van der Waals surface area contributed by atoms with Crippen molar-refractivity contribution in [3.05, 3.63) is 5.82 Å². The monoisotopic (exact) mass is 285 g/mol. The van der Waals surface area contributed by atoms with Crippen molar-refractivity contribution in [1.29, 1.82) is 10.5 Å². The standard InChI is InChI=1S/C14H19N7/c1-20(9-3-7-15)13-17-12(11-5-6-11)18-14(19-13)21(2)10-4-8-16/h11H,3-6,9-10H2,1-2H3. The van der Waals surface area contributed by atoms with Crippen LogP contribution in [0, 0.1) is 22.7 Å². The molecule has 0 radical (unpaired) electrons. The molecule has 110 valence electrons. The lowest BCUT2D eigenvalue weighted by Crippen LogP contribution is -2.26. The number of nitriles is 2. The molecule has 1 heterocycles. The second kappa shape index (κ2) is 6.85. The van der Waals surface area contributed by atoms with E-state index in [9.17, 15) is 0 Å². The second-order valence-corrected chi connectivity index (χ2v) is 5.23.